The largest absolute Gasteiger partial charge is 0.479 e. The van der Waals surface area contributed by atoms with Crippen molar-refractivity contribution < 1.29 is 22.6 Å². The van der Waals surface area contributed by atoms with Gasteiger partial charge in [0.1, 0.15) is 17.5 Å². The Morgan fingerprint density at radius 2 is 2.03 bits per heavy atom. The van der Waals surface area contributed by atoms with E-state index in [1.165, 1.54) is 11.7 Å². The third-order valence-corrected chi connectivity index (χ3v) is 6.79. The van der Waals surface area contributed by atoms with Crippen molar-refractivity contribution >= 4 is 22.5 Å². The molecule has 0 spiro atoms. The monoisotopic (exact) mass is 517 g/mol. The van der Waals surface area contributed by atoms with Crippen LogP contribution in [0.2, 0.25) is 0 Å². The number of alkyl halides is 3. The fourth-order valence-corrected chi connectivity index (χ4v) is 4.93. The van der Waals surface area contributed by atoms with Crippen LogP contribution in [0.25, 0.3) is 27.7 Å². The van der Waals surface area contributed by atoms with Gasteiger partial charge < -0.3 is 19.4 Å². The zero-order valence-corrected chi connectivity index (χ0v) is 21.0. The Kier molecular flexibility index (Phi) is 7.20. The van der Waals surface area contributed by atoms with E-state index in [2.05, 4.69) is 20.4 Å². The van der Waals surface area contributed by atoms with Crippen LogP contribution in [0.1, 0.15) is 12.2 Å². The van der Waals surface area contributed by atoms with Gasteiger partial charge in [-0.1, -0.05) is 6.07 Å². The first kappa shape index (κ1) is 25.3. The minimum atomic E-state index is -2.49. The molecular formula is C25H30F3N7O2. The second-order valence-corrected chi connectivity index (χ2v) is 9.18. The molecule has 0 aliphatic carbocycles. The molecule has 1 aliphatic heterocycles. The number of aromatic nitrogens is 5. The van der Waals surface area contributed by atoms with Gasteiger partial charge in [-0.05, 0) is 37.1 Å². The first-order valence-electron chi connectivity index (χ1n) is 12.2. The second-order valence-electron chi connectivity index (χ2n) is 9.18. The molecule has 0 radical (unpaired) electrons. The molecule has 5 rings (SSSR count). The van der Waals surface area contributed by atoms with Crippen LogP contribution in [-0.4, -0.2) is 88.1 Å². The minimum Gasteiger partial charge on any atom is -0.479 e. The zero-order chi connectivity index (χ0) is 26.1. The molecule has 4 heterocycles. The number of rotatable bonds is 9. The van der Waals surface area contributed by atoms with Crippen LogP contribution in [0.3, 0.4) is 0 Å². The molecule has 2 atom stereocenters. The van der Waals surface area contributed by atoms with Gasteiger partial charge in [-0.25, -0.2) is 22.7 Å². The van der Waals surface area contributed by atoms with Crippen molar-refractivity contribution in [1.82, 2.24) is 29.0 Å². The number of nitrogens with one attached hydrogen (secondary N) is 1. The van der Waals surface area contributed by atoms with E-state index in [0.29, 0.717) is 54.4 Å². The predicted molar refractivity (Wildman–Crippen MR) is 134 cm³/mol. The van der Waals surface area contributed by atoms with Gasteiger partial charge in [0.25, 0.3) is 6.43 Å². The van der Waals surface area contributed by atoms with E-state index in [1.54, 1.807) is 24.7 Å². The Hall–Kier alpha value is -3.38. The zero-order valence-electron chi connectivity index (χ0n) is 21.0. The van der Waals surface area contributed by atoms with E-state index in [-0.39, 0.29) is 5.95 Å². The molecular weight excluding hydrogens is 487 g/mol. The molecule has 1 aromatic carbocycles. The lowest BCUT2D eigenvalue weighted by atomic mass is 10.0. The number of piperidine rings is 1. The van der Waals surface area contributed by atoms with Gasteiger partial charge in [-0.15, -0.1) is 5.10 Å². The van der Waals surface area contributed by atoms with Crippen molar-refractivity contribution in [3.05, 3.63) is 36.3 Å². The molecule has 0 unspecified atom stereocenters. The molecule has 3 aromatic heterocycles. The maximum Gasteiger partial charge on any atom is 0.256 e. The predicted octanol–water partition coefficient (Wildman–Crippen LogP) is 3.80. The molecule has 4 aromatic rings. The summed E-state index contributed by atoms with van der Waals surface area (Å²) in [6.45, 7) is 3.62. The van der Waals surface area contributed by atoms with Crippen molar-refractivity contribution in [2.75, 3.05) is 45.8 Å². The molecule has 1 aliphatic rings. The van der Waals surface area contributed by atoms with Gasteiger partial charge >= 0.3 is 0 Å². The highest BCUT2D eigenvalue weighted by molar-refractivity contribution is 5.89. The van der Waals surface area contributed by atoms with E-state index < -0.39 is 25.2 Å². The van der Waals surface area contributed by atoms with Crippen LogP contribution < -0.4 is 10.1 Å². The third-order valence-electron chi connectivity index (χ3n) is 6.79. The minimum absolute atomic E-state index is 0.269. The number of fused-ring (bicyclic) bond motifs is 2. The summed E-state index contributed by atoms with van der Waals surface area (Å²) in [5.41, 5.74) is 3.46. The summed E-state index contributed by atoms with van der Waals surface area (Å²) < 4.78 is 55.0. The number of aryl methyl sites for hydroxylation is 1. The number of likely N-dealkylation sites (tertiary alicyclic amines) is 1. The SMILES string of the molecule is COCCN1CC[C@H](Nc2nc(OC)c3c(-c4ccc5nc(C)n(CC(F)F)c5c4)ccn3n2)[C@@H](F)C1. The highest BCUT2D eigenvalue weighted by Gasteiger charge is 2.30. The topological polar surface area (TPSA) is 81.7 Å². The average Bonchev–Trinajstić information content (AvgIpc) is 3.44. The van der Waals surface area contributed by atoms with Crippen molar-refractivity contribution in [3.8, 4) is 17.0 Å². The van der Waals surface area contributed by atoms with Crippen LogP contribution in [0.4, 0.5) is 19.1 Å². The third kappa shape index (κ3) is 5.08. The van der Waals surface area contributed by atoms with Crippen molar-refractivity contribution in [2.45, 2.75) is 38.5 Å². The molecule has 0 amide bonds. The number of halogens is 3. The van der Waals surface area contributed by atoms with E-state index in [0.717, 1.165) is 17.7 Å². The summed E-state index contributed by atoms with van der Waals surface area (Å²) in [7, 11) is 3.15. The van der Waals surface area contributed by atoms with Crippen LogP contribution >= 0.6 is 0 Å². The van der Waals surface area contributed by atoms with Crippen LogP contribution in [0.5, 0.6) is 5.88 Å². The fourth-order valence-electron chi connectivity index (χ4n) is 4.93. The first-order valence-corrected chi connectivity index (χ1v) is 12.2. The quantitative estimate of drug-likeness (QED) is 0.362. The summed E-state index contributed by atoms with van der Waals surface area (Å²) in [6, 6.07) is 6.98. The molecule has 12 heteroatoms. The van der Waals surface area contributed by atoms with Crippen molar-refractivity contribution in [2.24, 2.45) is 0 Å². The number of hydrogen-bond donors (Lipinski definition) is 1. The Labute approximate surface area is 212 Å². The van der Waals surface area contributed by atoms with Gasteiger partial charge in [-0.3, -0.25) is 4.90 Å². The van der Waals surface area contributed by atoms with Crippen molar-refractivity contribution in [1.29, 1.82) is 0 Å². The van der Waals surface area contributed by atoms with Gasteiger partial charge in [0, 0.05) is 38.5 Å². The van der Waals surface area contributed by atoms with Crippen LogP contribution in [0.15, 0.2) is 30.5 Å². The average molecular weight is 518 g/mol. The van der Waals surface area contributed by atoms with E-state index in [9.17, 15) is 13.2 Å². The van der Waals surface area contributed by atoms with Gasteiger partial charge in [0.15, 0.2) is 0 Å². The van der Waals surface area contributed by atoms with Crippen LogP contribution in [0, 0.1) is 6.92 Å². The fraction of sp³-hybridized carbons (Fsp3) is 0.480. The standard InChI is InChI=1S/C25H30F3N7O2/c1-15-29-20-5-4-16(12-21(20)34(15)14-22(27)28)17-6-9-35-23(17)24(37-3)31-25(32-35)30-19-7-8-33(10-11-36-2)13-18(19)26/h4-6,9,12,18-19,22H,7-8,10-11,13-14H2,1-3H3,(H,30,32)/t18-,19-/m0/s1. The van der Waals surface area contributed by atoms with Gasteiger partial charge in [0.2, 0.25) is 11.8 Å². The molecule has 198 valence electrons. The number of anilines is 1. The Morgan fingerprint density at radius 3 is 2.76 bits per heavy atom. The van der Waals surface area contributed by atoms with E-state index in [1.807, 2.05) is 29.2 Å². The summed E-state index contributed by atoms with van der Waals surface area (Å²) in [5, 5.41) is 7.69. The molecule has 1 saturated heterocycles. The summed E-state index contributed by atoms with van der Waals surface area (Å²) >= 11 is 0. The highest BCUT2D eigenvalue weighted by Crippen LogP contribution is 2.33. The summed E-state index contributed by atoms with van der Waals surface area (Å²) in [4.78, 5) is 11.0. The number of methoxy groups -OCH3 is 2. The van der Waals surface area contributed by atoms with Crippen molar-refractivity contribution in [3.63, 3.8) is 0 Å². The van der Waals surface area contributed by atoms with Gasteiger partial charge in [-0.2, -0.15) is 4.98 Å². The highest BCUT2D eigenvalue weighted by atomic mass is 19.3. The van der Waals surface area contributed by atoms with Gasteiger partial charge in [0.05, 0.1) is 37.3 Å². The molecule has 1 N–H and O–H groups in total. The Balaban J connectivity index is 1.44. The maximum absolute atomic E-state index is 14.9. The number of nitrogens with zero attached hydrogens (tertiary/aromatic N) is 6. The number of ether oxygens (including phenoxy) is 2. The first-order chi connectivity index (χ1) is 17.9. The number of imidazole rings is 1. The lowest BCUT2D eigenvalue weighted by Crippen LogP contribution is -2.48. The second kappa shape index (κ2) is 10.5. The lowest BCUT2D eigenvalue weighted by molar-refractivity contribution is 0.0918. The molecule has 37 heavy (non-hydrogen) atoms. The maximum atomic E-state index is 14.9. The smallest absolute Gasteiger partial charge is 0.256 e. The Morgan fingerprint density at radius 1 is 1.19 bits per heavy atom. The van der Waals surface area contributed by atoms with E-state index >= 15 is 0 Å². The molecule has 0 saturated carbocycles. The molecule has 0 bridgehead atoms. The number of hydrogen-bond acceptors (Lipinski definition) is 7. The summed E-state index contributed by atoms with van der Waals surface area (Å²) in [5.74, 6) is 1.12. The molecule has 1 fully saturated rings. The normalized spacial score (nSPS) is 18.8. The Bertz CT molecular complexity index is 1390. The van der Waals surface area contributed by atoms with E-state index in [4.69, 9.17) is 9.47 Å². The number of benzene rings is 1. The molecule has 9 nitrogen and oxygen atoms in total. The lowest BCUT2D eigenvalue weighted by Gasteiger charge is -2.34. The summed E-state index contributed by atoms with van der Waals surface area (Å²) in [6.07, 6.45) is -1.19. The van der Waals surface area contributed by atoms with Crippen LogP contribution in [-0.2, 0) is 11.3 Å².